The lowest BCUT2D eigenvalue weighted by Gasteiger charge is -2.22. The molecule has 1 aliphatic rings. The van der Waals surface area contributed by atoms with Gasteiger partial charge in [-0.15, -0.1) is 0 Å². The van der Waals surface area contributed by atoms with Gasteiger partial charge in [0.2, 0.25) is 0 Å². The minimum absolute atomic E-state index is 0.141. The van der Waals surface area contributed by atoms with E-state index >= 15 is 0 Å². The van der Waals surface area contributed by atoms with Crippen LogP contribution in [0.3, 0.4) is 0 Å². The Morgan fingerprint density at radius 2 is 1.88 bits per heavy atom. The number of rotatable bonds is 2. The second-order valence-electron chi connectivity index (χ2n) is 5.02. The molecular weight excluding hydrogens is 196 g/mol. The van der Waals surface area contributed by atoms with Gasteiger partial charge in [0.05, 0.1) is 0 Å². The molecule has 88 valence electrons. The summed E-state index contributed by atoms with van der Waals surface area (Å²) in [5, 5.41) is 3.49. The molecule has 2 nitrogen and oxygen atoms in total. The molecule has 2 rings (SSSR count). The van der Waals surface area contributed by atoms with Crippen molar-refractivity contribution in [1.82, 2.24) is 5.32 Å². The van der Waals surface area contributed by atoms with Crippen LogP contribution in [0.5, 0.6) is 0 Å². The maximum Gasteiger partial charge on any atom is 0.0453 e. The van der Waals surface area contributed by atoms with Crippen molar-refractivity contribution in [2.24, 2.45) is 5.73 Å². The van der Waals surface area contributed by atoms with Crippen LogP contribution in [0.4, 0.5) is 0 Å². The predicted octanol–water partition coefficient (Wildman–Crippen LogP) is 2.36. The zero-order valence-electron chi connectivity index (χ0n) is 10.5. The summed E-state index contributed by atoms with van der Waals surface area (Å²) < 4.78 is 0. The molecular formula is C14H22N2. The van der Waals surface area contributed by atoms with Gasteiger partial charge < -0.3 is 11.1 Å². The highest BCUT2D eigenvalue weighted by molar-refractivity contribution is 5.38. The van der Waals surface area contributed by atoms with Crippen molar-refractivity contribution in [2.75, 3.05) is 6.54 Å². The third-order valence-corrected chi connectivity index (χ3v) is 3.77. The molecule has 3 N–H and O–H groups in total. The van der Waals surface area contributed by atoms with Crippen molar-refractivity contribution in [3.8, 4) is 0 Å². The average molecular weight is 218 g/mol. The van der Waals surface area contributed by atoms with Gasteiger partial charge >= 0.3 is 0 Å². The SMILES string of the molecule is Cc1cc(C)c(C(N)C2CCCN2)cc1C. The summed E-state index contributed by atoms with van der Waals surface area (Å²) in [6.07, 6.45) is 2.45. The van der Waals surface area contributed by atoms with Gasteiger partial charge in [-0.2, -0.15) is 0 Å². The Morgan fingerprint density at radius 3 is 2.50 bits per heavy atom. The topological polar surface area (TPSA) is 38.0 Å². The first-order chi connectivity index (χ1) is 7.59. The normalized spacial score (nSPS) is 22.4. The lowest BCUT2D eigenvalue weighted by Crippen LogP contribution is -2.34. The molecule has 16 heavy (non-hydrogen) atoms. The minimum Gasteiger partial charge on any atom is -0.323 e. The van der Waals surface area contributed by atoms with Gasteiger partial charge in [-0.05, 0) is 62.4 Å². The van der Waals surface area contributed by atoms with Crippen molar-refractivity contribution in [3.63, 3.8) is 0 Å². The van der Waals surface area contributed by atoms with Gasteiger partial charge in [0.1, 0.15) is 0 Å². The Bertz CT molecular complexity index is 379. The average Bonchev–Trinajstić information content (AvgIpc) is 2.75. The second kappa shape index (κ2) is 4.56. The van der Waals surface area contributed by atoms with Crippen LogP contribution in [-0.4, -0.2) is 12.6 Å². The van der Waals surface area contributed by atoms with Crippen LogP contribution < -0.4 is 11.1 Å². The Hall–Kier alpha value is -0.860. The first kappa shape index (κ1) is 11.6. The minimum atomic E-state index is 0.141. The van der Waals surface area contributed by atoms with E-state index in [2.05, 4.69) is 38.2 Å². The number of hydrogen-bond acceptors (Lipinski definition) is 2. The molecule has 2 atom stereocenters. The predicted molar refractivity (Wildman–Crippen MR) is 68.6 cm³/mol. The van der Waals surface area contributed by atoms with Crippen LogP contribution in [0.1, 0.15) is 41.1 Å². The van der Waals surface area contributed by atoms with Crippen molar-refractivity contribution in [3.05, 3.63) is 34.4 Å². The summed E-state index contributed by atoms with van der Waals surface area (Å²) in [6.45, 7) is 7.59. The van der Waals surface area contributed by atoms with E-state index < -0.39 is 0 Å². The summed E-state index contributed by atoms with van der Waals surface area (Å²) in [5.74, 6) is 0. The van der Waals surface area contributed by atoms with Crippen molar-refractivity contribution >= 4 is 0 Å². The molecule has 0 saturated carbocycles. The quantitative estimate of drug-likeness (QED) is 0.799. The maximum absolute atomic E-state index is 6.36. The van der Waals surface area contributed by atoms with E-state index in [1.807, 2.05) is 0 Å². The largest absolute Gasteiger partial charge is 0.323 e. The standard InChI is InChI=1S/C14H22N2/c1-9-7-11(3)12(8-10(9)2)14(15)13-5-4-6-16-13/h7-8,13-14,16H,4-6,15H2,1-3H3. The maximum atomic E-state index is 6.36. The van der Waals surface area contributed by atoms with Gasteiger partial charge in [-0.3, -0.25) is 0 Å². The summed E-state index contributed by atoms with van der Waals surface area (Å²) in [4.78, 5) is 0. The highest BCUT2D eigenvalue weighted by Crippen LogP contribution is 2.25. The van der Waals surface area contributed by atoms with E-state index in [9.17, 15) is 0 Å². The fraction of sp³-hybridized carbons (Fsp3) is 0.571. The molecule has 1 fully saturated rings. The molecule has 0 amide bonds. The molecule has 0 bridgehead atoms. The number of aryl methyl sites for hydroxylation is 3. The van der Waals surface area contributed by atoms with Crippen LogP contribution in [0.2, 0.25) is 0 Å². The Morgan fingerprint density at radius 1 is 1.19 bits per heavy atom. The Balaban J connectivity index is 2.28. The lowest BCUT2D eigenvalue weighted by atomic mass is 9.92. The third-order valence-electron chi connectivity index (χ3n) is 3.77. The van der Waals surface area contributed by atoms with E-state index in [1.54, 1.807) is 0 Å². The fourth-order valence-electron chi connectivity index (χ4n) is 2.58. The summed E-state index contributed by atoms with van der Waals surface area (Å²) in [7, 11) is 0. The van der Waals surface area contributed by atoms with Gasteiger partial charge in [0, 0.05) is 12.1 Å². The summed E-state index contributed by atoms with van der Waals surface area (Å²) in [6, 6.07) is 5.11. The first-order valence-corrected chi connectivity index (χ1v) is 6.16. The van der Waals surface area contributed by atoms with Crippen LogP contribution in [-0.2, 0) is 0 Å². The zero-order chi connectivity index (χ0) is 11.7. The molecule has 0 aliphatic carbocycles. The number of hydrogen-bond donors (Lipinski definition) is 2. The monoisotopic (exact) mass is 218 g/mol. The van der Waals surface area contributed by atoms with E-state index in [4.69, 9.17) is 5.73 Å². The smallest absolute Gasteiger partial charge is 0.0453 e. The number of nitrogens with one attached hydrogen (secondary N) is 1. The molecule has 1 aromatic rings. The molecule has 1 aliphatic heterocycles. The van der Waals surface area contributed by atoms with Crippen molar-refractivity contribution in [2.45, 2.75) is 45.7 Å². The summed E-state index contributed by atoms with van der Waals surface area (Å²) >= 11 is 0. The van der Waals surface area contributed by atoms with Crippen LogP contribution in [0.25, 0.3) is 0 Å². The third kappa shape index (κ3) is 2.13. The van der Waals surface area contributed by atoms with E-state index in [1.165, 1.54) is 35.1 Å². The van der Waals surface area contributed by atoms with E-state index in [-0.39, 0.29) is 6.04 Å². The van der Waals surface area contributed by atoms with Crippen molar-refractivity contribution < 1.29 is 0 Å². The van der Waals surface area contributed by atoms with Crippen LogP contribution in [0, 0.1) is 20.8 Å². The van der Waals surface area contributed by atoms with Crippen LogP contribution >= 0.6 is 0 Å². The molecule has 0 spiro atoms. The summed E-state index contributed by atoms with van der Waals surface area (Å²) in [5.41, 5.74) is 11.7. The van der Waals surface area contributed by atoms with E-state index in [0.717, 1.165) is 6.54 Å². The molecule has 2 unspecified atom stereocenters. The van der Waals surface area contributed by atoms with Crippen molar-refractivity contribution in [1.29, 1.82) is 0 Å². The Kier molecular flexibility index (Phi) is 3.31. The molecule has 0 radical (unpaired) electrons. The Labute approximate surface area is 98.2 Å². The fourth-order valence-corrected chi connectivity index (χ4v) is 2.58. The number of nitrogens with two attached hydrogens (primary N) is 1. The lowest BCUT2D eigenvalue weighted by molar-refractivity contribution is 0.499. The molecule has 1 aromatic carbocycles. The van der Waals surface area contributed by atoms with Gasteiger partial charge in [0.25, 0.3) is 0 Å². The molecule has 0 aromatic heterocycles. The first-order valence-electron chi connectivity index (χ1n) is 6.16. The molecule has 1 saturated heterocycles. The molecule has 2 heteroatoms. The second-order valence-corrected chi connectivity index (χ2v) is 5.02. The van der Waals surface area contributed by atoms with Gasteiger partial charge in [0.15, 0.2) is 0 Å². The zero-order valence-corrected chi connectivity index (χ0v) is 10.5. The van der Waals surface area contributed by atoms with Gasteiger partial charge in [-0.25, -0.2) is 0 Å². The molecule has 1 heterocycles. The van der Waals surface area contributed by atoms with E-state index in [0.29, 0.717) is 6.04 Å². The highest BCUT2D eigenvalue weighted by atomic mass is 15.0. The highest BCUT2D eigenvalue weighted by Gasteiger charge is 2.23. The number of benzene rings is 1. The van der Waals surface area contributed by atoms with Gasteiger partial charge in [-0.1, -0.05) is 12.1 Å². The van der Waals surface area contributed by atoms with Crippen LogP contribution in [0.15, 0.2) is 12.1 Å².